The molecule has 1 spiro atoms. The molecule has 4 nitrogen and oxygen atoms in total. The van der Waals surface area contributed by atoms with Gasteiger partial charge in [0.05, 0.1) is 7.11 Å². The predicted octanol–water partition coefficient (Wildman–Crippen LogP) is 1.46. The van der Waals surface area contributed by atoms with Gasteiger partial charge in [-0.2, -0.15) is 0 Å². The van der Waals surface area contributed by atoms with Gasteiger partial charge in [-0.3, -0.25) is 4.79 Å². The summed E-state index contributed by atoms with van der Waals surface area (Å²) in [4.78, 5) is 12.1. The first kappa shape index (κ1) is 11.5. The number of methoxy groups -OCH3 is 1. The largest absolute Gasteiger partial charge is 0.484 e. The number of nitrogens with one attached hydrogen (secondary N) is 1. The molecule has 1 fully saturated rings. The van der Waals surface area contributed by atoms with E-state index in [2.05, 4.69) is 5.32 Å². The van der Waals surface area contributed by atoms with Crippen LogP contribution >= 0.6 is 0 Å². The summed E-state index contributed by atoms with van der Waals surface area (Å²) in [5.41, 5.74) is 0.489. The van der Waals surface area contributed by atoms with E-state index in [9.17, 15) is 4.79 Å². The molecule has 0 saturated carbocycles. The quantitative estimate of drug-likeness (QED) is 0.763. The number of benzene rings is 1. The van der Waals surface area contributed by atoms with E-state index in [0.717, 1.165) is 30.7 Å². The normalized spacial score (nSPS) is 29.7. The lowest BCUT2D eigenvalue weighted by Crippen LogP contribution is -2.53. The Morgan fingerprint density at radius 2 is 2.33 bits per heavy atom. The zero-order chi connectivity index (χ0) is 12.6. The van der Waals surface area contributed by atoms with Crippen molar-refractivity contribution in [2.45, 2.75) is 24.4 Å². The van der Waals surface area contributed by atoms with E-state index in [0.29, 0.717) is 6.54 Å². The summed E-state index contributed by atoms with van der Waals surface area (Å²) in [5, 5.41) is 3.33. The first-order valence-electron chi connectivity index (χ1n) is 6.33. The van der Waals surface area contributed by atoms with Gasteiger partial charge in [-0.25, -0.2) is 0 Å². The van der Waals surface area contributed by atoms with E-state index in [4.69, 9.17) is 9.47 Å². The molecule has 0 aromatic heterocycles. The summed E-state index contributed by atoms with van der Waals surface area (Å²) < 4.78 is 11.1. The Labute approximate surface area is 106 Å². The lowest BCUT2D eigenvalue weighted by atomic mass is 9.79. The number of esters is 1. The molecule has 1 aromatic rings. The number of carbonyl (C=O) groups is 1. The van der Waals surface area contributed by atoms with Crippen LogP contribution in [0, 0.1) is 0 Å². The summed E-state index contributed by atoms with van der Waals surface area (Å²) in [5.74, 6) is 0.298. The maximum atomic E-state index is 12.1. The maximum absolute atomic E-state index is 12.1. The van der Waals surface area contributed by atoms with Crippen molar-refractivity contribution in [3.63, 3.8) is 0 Å². The zero-order valence-corrected chi connectivity index (χ0v) is 10.4. The van der Waals surface area contributed by atoms with E-state index < -0.39 is 5.60 Å². The van der Waals surface area contributed by atoms with Crippen molar-refractivity contribution in [3.8, 4) is 5.75 Å². The first-order chi connectivity index (χ1) is 8.77. The molecule has 2 atom stereocenters. The molecule has 0 amide bonds. The van der Waals surface area contributed by atoms with Gasteiger partial charge in [0.15, 0.2) is 0 Å². The van der Waals surface area contributed by atoms with Crippen molar-refractivity contribution >= 4 is 5.97 Å². The van der Waals surface area contributed by atoms with E-state index in [-0.39, 0.29) is 11.9 Å². The number of rotatable bonds is 1. The van der Waals surface area contributed by atoms with Crippen LogP contribution < -0.4 is 10.1 Å². The van der Waals surface area contributed by atoms with Gasteiger partial charge in [0.2, 0.25) is 0 Å². The van der Waals surface area contributed by atoms with Crippen LogP contribution in [0.4, 0.5) is 0 Å². The Bertz CT molecular complexity index is 466. The fraction of sp³-hybridized carbons (Fsp3) is 0.500. The van der Waals surface area contributed by atoms with Crippen LogP contribution in [0.25, 0.3) is 0 Å². The lowest BCUT2D eigenvalue weighted by Gasteiger charge is -2.36. The average molecular weight is 247 g/mol. The minimum atomic E-state index is -0.463. The molecule has 2 heterocycles. The van der Waals surface area contributed by atoms with Crippen molar-refractivity contribution in [2.24, 2.45) is 0 Å². The highest BCUT2D eigenvalue weighted by Crippen LogP contribution is 2.48. The molecule has 0 radical (unpaired) electrons. The monoisotopic (exact) mass is 247 g/mol. The molecule has 2 aliphatic rings. The Kier molecular flexibility index (Phi) is 2.74. The zero-order valence-electron chi connectivity index (χ0n) is 10.4. The third kappa shape index (κ3) is 1.60. The molecular weight excluding hydrogens is 230 g/mol. The van der Waals surface area contributed by atoms with Gasteiger partial charge in [0.25, 0.3) is 0 Å². The smallest absolute Gasteiger partial charge is 0.317 e. The SMILES string of the molecule is COC(=O)C1c2ccccc2OC12CCCNC2. The van der Waals surface area contributed by atoms with Crippen LogP contribution in [-0.4, -0.2) is 31.8 Å². The van der Waals surface area contributed by atoms with Crippen LogP contribution in [0.2, 0.25) is 0 Å². The third-order valence-corrected chi connectivity index (χ3v) is 3.88. The third-order valence-electron chi connectivity index (χ3n) is 3.88. The molecule has 1 aromatic carbocycles. The van der Waals surface area contributed by atoms with Crippen LogP contribution in [0.15, 0.2) is 24.3 Å². The number of hydrogen-bond donors (Lipinski definition) is 1. The number of ether oxygens (including phenoxy) is 2. The van der Waals surface area contributed by atoms with Crippen LogP contribution in [0.3, 0.4) is 0 Å². The molecular formula is C14H17NO3. The Balaban J connectivity index is 2.04. The predicted molar refractivity (Wildman–Crippen MR) is 66.7 cm³/mol. The second-order valence-electron chi connectivity index (χ2n) is 4.94. The fourth-order valence-electron chi connectivity index (χ4n) is 3.07. The minimum absolute atomic E-state index is 0.205. The van der Waals surface area contributed by atoms with Gasteiger partial charge in [-0.15, -0.1) is 0 Å². The van der Waals surface area contributed by atoms with Crippen LogP contribution in [0.5, 0.6) is 5.75 Å². The Hall–Kier alpha value is -1.55. The number of fused-ring (bicyclic) bond motifs is 1. The lowest BCUT2D eigenvalue weighted by molar-refractivity contribution is -0.147. The summed E-state index contributed by atoms with van der Waals surface area (Å²) in [6.45, 7) is 1.68. The van der Waals surface area contributed by atoms with Crippen LogP contribution in [-0.2, 0) is 9.53 Å². The van der Waals surface area contributed by atoms with Crippen molar-refractivity contribution in [1.29, 1.82) is 0 Å². The van der Waals surface area contributed by atoms with E-state index in [1.54, 1.807) is 0 Å². The first-order valence-corrected chi connectivity index (χ1v) is 6.33. The number of hydrogen-bond acceptors (Lipinski definition) is 4. The molecule has 2 unspecified atom stereocenters. The maximum Gasteiger partial charge on any atom is 0.317 e. The molecule has 1 N–H and O–H groups in total. The minimum Gasteiger partial charge on any atom is -0.484 e. The summed E-state index contributed by atoms with van der Waals surface area (Å²) in [7, 11) is 1.44. The summed E-state index contributed by atoms with van der Waals surface area (Å²) >= 11 is 0. The van der Waals surface area contributed by atoms with Gasteiger partial charge < -0.3 is 14.8 Å². The van der Waals surface area contributed by atoms with E-state index in [1.807, 2.05) is 24.3 Å². The number of carbonyl (C=O) groups excluding carboxylic acids is 1. The van der Waals surface area contributed by atoms with Crippen LogP contribution in [0.1, 0.15) is 24.3 Å². The highest BCUT2D eigenvalue weighted by molar-refractivity contribution is 5.82. The summed E-state index contributed by atoms with van der Waals surface area (Å²) in [6, 6.07) is 7.75. The molecule has 4 heteroatoms. The van der Waals surface area contributed by atoms with Crippen molar-refractivity contribution in [3.05, 3.63) is 29.8 Å². The molecule has 2 aliphatic heterocycles. The molecule has 0 bridgehead atoms. The van der Waals surface area contributed by atoms with Gasteiger partial charge in [0.1, 0.15) is 17.3 Å². The summed E-state index contributed by atoms with van der Waals surface area (Å²) in [6.07, 6.45) is 1.90. The van der Waals surface area contributed by atoms with Gasteiger partial charge in [-0.1, -0.05) is 18.2 Å². The average Bonchev–Trinajstić information content (AvgIpc) is 2.72. The van der Waals surface area contributed by atoms with Gasteiger partial charge in [0, 0.05) is 12.1 Å². The molecule has 3 rings (SSSR count). The second kappa shape index (κ2) is 4.28. The van der Waals surface area contributed by atoms with E-state index >= 15 is 0 Å². The van der Waals surface area contributed by atoms with Crippen molar-refractivity contribution < 1.29 is 14.3 Å². The van der Waals surface area contributed by atoms with Gasteiger partial charge >= 0.3 is 5.97 Å². The Morgan fingerprint density at radius 1 is 1.50 bits per heavy atom. The molecule has 0 aliphatic carbocycles. The second-order valence-corrected chi connectivity index (χ2v) is 4.94. The highest BCUT2D eigenvalue weighted by atomic mass is 16.5. The number of para-hydroxylation sites is 1. The highest BCUT2D eigenvalue weighted by Gasteiger charge is 2.53. The van der Waals surface area contributed by atoms with Crippen molar-refractivity contribution in [2.75, 3.05) is 20.2 Å². The fourth-order valence-corrected chi connectivity index (χ4v) is 3.07. The van der Waals surface area contributed by atoms with E-state index in [1.165, 1.54) is 7.11 Å². The molecule has 96 valence electrons. The standard InChI is InChI=1S/C14H17NO3/c1-17-13(16)12-10-5-2-3-6-11(10)18-14(12)7-4-8-15-9-14/h2-3,5-6,12,15H,4,7-9H2,1H3. The molecule has 1 saturated heterocycles. The number of piperidine rings is 1. The molecule has 18 heavy (non-hydrogen) atoms. The topological polar surface area (TPSA) is 47.6 Å². The Morgan fingerprint density at radius 3 is 3.06 bits per heavy atom. The van der Waals surface area contributed by atoms with Gasteiger partial charge in [-0.05, 0) is 25.5 Å². The van der Waals surface area contributed by atoms with Crippen molar-refractivity contribution in [1.82, 2.24) is 5.32 Å².